The minimum Gasteiger partial charge on any atom is -0.347 e. The molecule has 1 amide bonds. The van der Waals surface area contributed by atoms with Gasteiger partial charge < -0.3 is 5.32 Å². The Morgan fingerprint density at radius 2 is 1.55 bits per heavy atom. The Balaban J connectivity index is 1.49. The second-order valence-corrected chi connectivity index (χ2v) is 7.15. The summed E-state index contributed by atoms with van der Waals surface area (Å²) in [5, 5.41) is 7.35. The molecule has 1 heterocycles. The van der Waals surface area contributed by atoms with Gasteiger partial charge in [-0.3, -0.25) is 9.48 Å². The Labute approximate surface area is 170 Å². The van der Waals surface area contributed by atoms with E-state index < -0.39 is 0 Å². The van der Waals surface area contributed by atoms with Gasteiger partial charge in [0.15, 0.2) is 5.69 Å². The first-order valence-corrected chi connectivity index (χ1v) is 9.64. The first kappa shape index (κ1) is 18.7. The zero-order chi connectivity index (χ0) is 20.2. The molecule has 144 valence electrons. The van der Waals surface area contributed by atoms with Crippen LogP contribution in [0.3, 0.4) is 0 Å². The number of carbonyl (C=O) groups is 1. The van der Waals surface area contributed by atoms with Crippen molar-refractivity contribution in [1.29, 1.82) is 0 Å². The SMILES string of the molecule is Cc1cccc(CNC(=O)c2cc(-c3ccc(-c4ccccc4)cc3)n(C)n2)c1. The molecule has 29 heavy (non-hydrogen) atoms. The lowest BCUT2D eigenvalue weighted by atomic mass is 10.0. The summed E-state index contributed by atoms with van der Waals surface area (Å²) in [4.78, 5) is 12.6. The van der Waals surface area contributed by atoms with Crippen molar-refractivity contribution < 1.29 is 4.79 Å². The smallest absolute Gasteiger partial charge is 0.272 e. The summed E-state index contributed by atoms with van der Waals surface area (Å²) in [5.74, 6) is -0.172. The van der Waals surface area contributed by atoms with Gasteiger partial charge in [-0.2, -0.15) is 5.10 Å². The van der Waals surface area contributed by atoms with Gasteiger partial charge in [-0.1, -0.05) is 84.4 Å². The number of amides is 1. The number of nitrogens with one attached hydrogen (secondary N) is 1. The fourth-order valence-electron chi connectivity index (χ4n) is 3.41. The largest absolute Gasteiger partial charge is 0.347 e. The molecule has 3 aromatic carbocycles. The van der Waals surface area contributed by atoms with Crippen LogP contribution in [-0.4, -0.2) is 15.7 Å². The Morgan fingerprint density at radius 1 is 0.862 bits per heavy atom. The van der Waals surface area contributed by atoms with E-state index in [2.05, 4.69) is 52.9 Å². The lowest BCUT2D eigenvalue weighted by Crippen LogP contribution is -2.23. The molecular formula is C25H23N3O. The number of nitrogens with zero attached hydrogens (tertiary/aromatic N) is 2. The molecular weight excluding hydrogens is 358 g/mol. The highest BCUT2D eigenvalue weighted by Gasteiger charge is 2.14. The number of carbonyl (C=O) groups excluding carboxylic acids is 1. The number of benzene rings is 3. The van der Waals surface area contributed by atoms with Crippen molar-refractivity contribution >= 4 is 5.91 Å². The van der Waals surface area contributed by atoms with E-state index in [1.165, 1.54) is 11.1 Å². The molecule has 4 nitrogen and oxygen atoms in total. The molecule has 0 radical (unpaired) electrons. The number of aryl methyl sites for hydroxylation is 2. The molecule has 4 aromatic rings. The molecule has 0 fully saturated rings. The van der Waals surface area contributed by atoms with Gasteiger partial charge in [-0.15, -0.1) is 0 Å². The van der Waals surface area contributed by atoms with Crippen LogP contribution in [-0.2, 0) is 13.6 Å². The molecule has 0 atom stereocenters. The van der Waals surface area contributed by atoms with Gasteiger partial charge in [0, 0.05) is 13.6 Å². The van der Waals surface area contributed by atoms with Crippen molar-refractivity contribution in [3.8, 4) is 22.4 Å². The van der Waals surface area contributed by atoms with Crippen LogP contribution in [0.1, 0.15) is 21.6 Å². The quantitative estimate of drug-likeness (QED) is 0.529. The van der Waals surface area contributed by atoms with E-state index in [0.29, 0.717) is 12.2 Å². The van der Waals surface area contributed by atoms with Crippen molar-refractivity contribution in [2.75, 3.05) is 0 Å². The van der Waals surface area contributed by atoms with E-state index in [0.717, 1.165) is 22.4 Å². The molecule has 4 rings (SSSR count). The molecule has 0 aliphatic rings. The lowest BCUT2D eigenvalue weighted by molar-refractivity contribution is 0.0945. The number of aromatic nitrogens is 2. The summed E-state index contributed by atoms with van der Waals surface area (Å²) in [7, 11) is 1.86. The molecule has 4 heteroatoms. The average Bonchev–Trinajstić information content (AvgIpc) is 3.14. The average molecular weight is 381 g/mol. The van der Waals surface area contributed by atoms with Crippen LogP contribution in [0.15, 0.2) is 84.9 Å². The number of rotatable bonds is 5. The van der Waals surface area contributed by atoms with Gasteiger partial charge in [0.2, 0.25) is 0 Å². The van der Waals surface area contributed by atoms with Gasteiger partial charge in [0.05, 0.1) is 5.69 Å². The lowest BCUT2D eigenvalue weighted by Gasteiger charge is -2.05. The highest BCUT2D eigenvalue weighted by molar-refractivity contribution is 5.93. The molecule has 0 spiro atoms. The fourth-order valence-corrected chi connectivity index (χ4v) is 3.41. The van der Waals surface area contributed by atoms with Crippen LogP contribution in [0.25, 0.3) is 22.4 Å². The molecule has 0 aliphatic carbocycles. The normalized spacial score (nSPS) is 10.7. The predicted molar refractivity (Wildman–Crippen MR) is 116 cm³/mol. The molecule has 0 saturated heterocycles. The maximum atomic E-state index is 12.6. The third kappa shape index (κ3) is 4.27. The summed E-state index contributed by atoms with van der Waals surface area (Å²) in [6.07, 6.45) is 0. The van der Waals surface area contributed by atoms with E-state index >= 15 is 0 Å². The third-order valence-electron chi connectivity index (χ3n) is 4.94. The summed E-state index contributed by atoms with van der Waals surface area (Å²) in [5.41, 5.74) is 6.94. The number of hydrogen-bond acceptors (Lipinski definition) is 2. The summed E-state index contributed by atoms with van der Waals surface area (Å²) < 4.78 is 1.75. The Bertz CT molecular complexity index is 1130. The zero-order valence-corrected chi connectivity index (χ0v) is 16.6. The van der Waals surface area contributed by atoms with Crippen LogP contribution < -0.4 is 5.32 Å². The van der Waals surface area contributed by atoms with Crippen molar-refractivity contribution in [3.05, 3.63) is 102 Å². The van der Waals surface area contributed by atoms with Crippen LogP contribution in [0, 0.1) is 6.92 Å². The Kier molecular flexibility index (Phi) is 5.25. The van der Waals surface area contributed by atoms with Gasteiger partial charge in [0.25, 0.3) is 5.91 Å². The third-order valence-corrected chi connectivity index (χ3v) is 4.94. The Hall–Kier alpha value is -3.66. The van der Waals surface area contributed by atoms with E-state index in [9.17, 15) is 4.79 Å². The van der Waals surface area contributed by atoms with Crippen molar-refractivity contribution in [3.63, 3.8) is 0 Å². The summed E-state index contributed by atoms with van der Waals surface area (Å²) in [6, 6.07) is 28.5. The summed E-state index contributed by atoms with van der Waals surface area (Å²) >= 11 is 0. The van der Waals surface area contributed by atoms with Crippen molar-refractivity contribution in [2.24, 2.45) is 7.05 Å². The first-order chi connectivity index (χ1) is 14.1. The van der Waals surface area contributed by atoms with Gasteiger partial charge in [-0.25, -0.2) is 0 Å². The monoisotopic (exact) mass is 381 g/mol. The van der Waals surface area contributed by atoms with E-state index in [-0.39, 0.29) is 5.91 Å². The maximum Gasteiger partial charge on any atom is 0.272 e. The van der Waals surface area contributed by atoms with Crippen LogP contribution in [0.5, 0.6) is 0 Å². The van der Waals surface area contributed by atoms with Crippen molar-refractivity contribution in [1.82, 2.24) is 15.1 Å². The molecule has 0 unspecified atom stereocenters. The molecule has 0 saturated carbocycles. The number of hydrogen-bond donors (Lipinski definition) is 1. The predicted octanol–water partition coefficient (Wildman–Crippen LogP) is 4.99. The van der Waals surface area contributed by atoms with E-state index in [1.54, 1.807) is 4.68 Å². The highest BCUT2D eigenvalue weighted by Crippen LogP contribution is 2.25. The van der Waals surface area contributed by atoms with Gasteiger partial charge >= 0.3 is 0 Å². The minimum absolute atomic E-state index is 0.172. The summed E-state index contributed by atoms with van der Waals surface area (Å²) in [6.45, 7) is 2.53. The fraction of sp³-hybridized carbons (Fsp3) is 0.120. The van der Waals surface area contributed by atoms with Crippen LogP contribution >= 0.6 is 0 Å². The standard InChI is InChI=1S/C25H23N3O/c1-18-7-6-8-19(15-18)17-26-25(29)23-16-24(28(2)27-23)22-13-11-21(12-14-22)20-9-4-3-5-10-20/h3-16H,17H2,1-2H3,(H,26,29). The molecule has 0 aliphatic heterocycles. The topological polar surface area (TPSA) is 46.9 Å². The molecule has 1 aromatic heterocycles. The Morgan fingerprint density at radius 3 is 2.28 bits per heavy atom. The van der Waals surface area contributed by atoms with Crippen LogP contribution in [0.2, 0.25) is 0 Å². The van der Waals surface area contributed by atoms with Crippen molar-refractivity contribution in [2.45, 2.75) is 13.5 Å². The van der Waals surface area contributed by atoms with E-state index in [1.807, 2.05) is 56.4 Å². The first-order valence-electron chi connectivity index (χ1n) is 9.64. The second kappa shape index (κ2) is 8.15. The zero-order valence-electron chi connectivity index (χ0n) is 16.6. The van der Waals surface area contributed by atoms with E-state index in [4.69, 9.17) is 0 Å². The molecule has 0 bridgehead atoms. The van der Waals surface area contributed by atoms with Crippen LogP contribution in [0.4, 0.5) is 0 Å². The maximum absolute atomic E-state index is 12.6. The highest BCUT2D eigenvalue weighted by atomic mass is 16.1. The minimum atomic E-state index is -0.172. The van der Waals surface area contributed by atoms with Gasteiger partial charge in [-0.05, 0) is 35.2 Å². The second-order valence-electron chi connectivity index (χ2n) is 7.15. The van der Waals surface area contributed by atoms with Gasteiger partial charge in [0.1, 0.15) is 0 Å². The molecule has 1 N–H and O–H groups in total.